The molecule has 2 amide bonds. The molecule has 0 bridgehead atoms. The maximum absolute atomic E-state index is 12.9. The standard InChI is InChI=1S/C25H27N3O6S/c1-3-33-20-13-15-22(16-14-20)35(31,32)28(2)19-9-11-21(12-10-19)34-17-23(29)27-24(25(26)30)18-7-5-4-6-8-18/h4-16,24H,3,17H2,1-2H3,(H2,26,30)(H,27,29). The summed E-state index contributed by atoms with van der Waals surface area (Å²) >= 11 is 0. The van der Waals surface area contributed by atoms with Crippen molar-refractivity contribution in [2.45, 2.75) is 17.9 Å². The Labute approximate surface area is 204 Å². The van der Waals surface area contributed by atoms with E-state index in [9.17, 15) is 18.0 Å². The molecule has 0 saturated carbocycles. The molecule has 0 aliphatic carbocycles. The van der Waals surface area contributed by atoms with Gasteiger partial charge in [0.15, 0.2) is 6.61 Å². The third kappa shape index (κ3) is 6.51. The van der Waals surface area contributed by atoms with Crippen LogP contribution in [0.1, 0.15) is 18.5 Å². The number of ether oxygens (including phenoxy) is 2. The van der Waals surface area contributed by atoms with Crippen molar-refractivity contribution in [2.24, 2.45) is 5.73 Å². The topological polar surface area (TPSA) is 128 Å². The van der Waals surface area contributed by atoms with Crippen molar-refractivity contribution in [1.29, 1.82) is 0 Å². The summed E-state index contributed by atoms with van der Waals surface area (Å²) < 4.78 is 37.9. The van der Waals surface area contributed by atoms with E-state index in [4.69, 9.17) is 15.2 Å². The number of benzene rings is 3. The van der Waals surface area contributed by atoms with Gasteiger partial charge in [0.2, 0.25) is 5.91 Å². The smallest absolute Gasteiger partial charge is 0.264 e. The monoisotopic (exact) mass is 497 g/mol. The Balaban J connectivity index is 1.61. The Bertz CT molecular complexity index is 1250. The van der Waals surface area contributed by atoms with E-state index >= 15 is 0 Å². The summed E-state index contributed by atoms with van der Waals surface area (Å²) in [6, 6.07) is 20.1. The van der Waals surface area contributed by atoms with Crippen LogP contribution >= 0.6 is 0 Å². The average Bonchev–Trinajstić information content (AvgIpc) is 2.87. The van der Waals surface area contributed by atoms with Crippen molar-refractivity contribution >= 4 is 27.5 Å². The number of nitrogens with zero attached hydrogens (tertiary/aromatic N) is 1. The first-order valence-corrected chi connectivity index (χ1v) is 12.2. The Morgan fingerprint density at radius 2 is 1.49 bits per heavy atom. The van der Waals surface area contributed by atoms with Crippen LogP contribution in [0.15, 0.2) is 83.8 Å². The molecule has 0 heterocycles. The zero-order chi connectivity index (χ0) is 25.4. The number of primary amides is 1. The molecule has 184 valence electrons. The Morgan fingerprint density at radius 3 is 2.06 bits per heavy atom. The first-order valence-electron chi connectivity index (χ1n) is 10.8. The van der Waals surface area contributed by atoms with Crippen LogP contribution in [0.25, 0.3) is 0 Å². The highest BCUT2D eigenvalue weighted by Gasteiger charge is 2.22. The molecule has 0 spiro atoms. The van der Waals surface area contributed by atoms with Gasteiger partial charge in [-0.15, -0.1) is 0 Å². The number of nitrogens with two attached hydrogens (primary N) is 1. The van der Waals surface area contributed by atoms with Crippen molar-refractivity contribution < 1.29 is 27.5 Å². The zero-order valence-electron chi connectivity index (χ0n) is 19.4. The Kier molecular flexibility index (Phi) is 8.32. The highest BCUT2D eigenvalue weighted by molar-refractivity contribution is 7.92. The maximum Gasteiger partial charge on any atom is 0.264 e. The molecule has 9 nitrogen and oxygen atoms in total. The molecule has 0 radical (unpaired) electrons. The van der Waals surface area contributed by atoms with Gasteiger partial charge in [0.25, 0.3) is 15.9 Å². The van der Waals surface area contributed by atoms with Gasteiger partial charge in [0, 0.05) is 7.05 Å². The first-order chi connectivity index (χ1) is 16.7. The molecule has 3 N–H and O–H groups in total. The molecule has 3 rings (SSSR count). The molecule has 0 aliphatic heterocycles. The van der Waals surface area contributed by atoms with Crippen LogP contribution in [-0.4, -0.2) is 40.5 Å². The summed E-state index contributed by atoms with van der Waals surface area (Å²) in [6.07, 6.45) is 0. The van der Waals surface area contributed by atoms with Crippen LogP contribution < -0.4 is 24.8 Å². The average molecular weight is 498 g/mol. The van der Waals surface area contributed by atoms with Gasteiger partial charge in [-0.3, -0.25) is 13.9 Å². The SMILES string of the molecule is CCOc1ccc(S(=O)(=O)N(C)c2ccc(OCC(=O)NC(C(N)=O)c3ccccc3)cc2)cc1. The van der Waals surface area contributed by atoms with Gasteiger partial charge in [-0.25, -0.2) is 8.42 Å². The summed E-state index contributed by atoms with van der Waals surface area (Å²) in [7, 11) is -2.33. The number of anilines is 1. The quantitative estimate of drug-likeness (QED) is 0.419. The van der Waals surface area contributed by atoms with E-state index in [0.29, 0.717) is 29.4 Å². The van der Waals surface area contributed by atoms with E-state index < -0.39 is 27.9 Å². The molecule has 1 unspecified atom stereocenters. The van der Waals surface area contributed by atoms with Crippen molar-refractivity contribution in [3.63, 3.8) is 0 Å². The molecular formula is C25H27N3O6S. The normalized spacial score (nSPS) is 11.8. The summed E-state index contributed by atoms with van der Waals surface area (Å²) in [5.41, 5.74) is 6.39. The number of carbonyl (C=O) groups is 2. The number of nitrogens with one attached hydrogen (secondary N) is 1. The number of sulfonamides is 1. The predicted octanol–water partition coefficient (Wildman–Crippen LogP) is 2.63. The van der Waals surface area contributed by atoms with E-state index in [1.807, 2.05) is 6.92 Å². The summed E-state index contributed by atoms with van der Waals surface area (Å²) in [5, 5.41) is 2.55. The van der Waals surface area contributed by atoms with Crippen molar-refractivity contribution in [1.82, 2.24) is 5.32 Å². The number of carbonyl (C=O) groups excluding carboxylic acids is 2. The predicted molar refractivity (Wildman–Crippen MR) is 132 cm³/mol. The van der Waals surface area contributed by atoms with Crippen molar-refractivity contribution in [2.75, 3.05) is 24.6 Å². The molecule has 3 aromatic rings. The molecule has 10 heteroatoms. The summed E-state index contributed by atoms with van der Waals surface area (Å²) in [4.78, 5) is 24.2. The van der Waals surface area contributed by atoms with Gasteiger partial charge in [0.05, 0.1) is 17.2 Å². The number of hydrogen-bond donors (Lipinski definition) is 2. The molecule has 3 aromatic carbocycles. The molecule has 0 aromatic heterocycles. The van der Waals surface area contributed by atoms with Gasteiger partial charge < -0.3 is 20.5 Å². The van der Waals surface area contributed by atoms with Crippen LogP contribution in [0.2, 0.25) is 0 Å². The van der Waals surface area contributed by atoms with Gasteiger partial charge in [0.1, 0.15) is 17.5 Å². The minimum Gasteiger partial charge on any atom is -0.494 e. The highest BCUT2D eigenvalue weighted by atomic mass is 32.2. The third-order valence-corrected chi connectivity index (χ3v) is 6.89. The van der Waals surface area contributed by atoms with Gasteiger partial charge in [-0.2, -0.15) is 0 Å². The van der Waals surface area contributed by atoms with Crippen LogP contribution in [0.4, 0.5) is 5.69 Å². The minimum absolute atomic E-state index is 0.128. The second-order valence-electron chi connectivity index (χ2n) is 7.47. The first kappa shape index (κ1) is 25.6. The molecular weight excluding hydrogens is 470 g/mol. The van der Waals surface area contributed by atoms with Gasteiger partial charge in [-0.05, 0) is 61.0 Å². The van der Waals surface area contributed by atoms with Gasteiger partial charge in [-0.1, -0.05) is 30.3 Å². The van der Waals surface area contributed by atoms with E-state index in [2.05, 4.69) is 5.32 Å². The van der Waals surface area contributed by atoms with E-state index in [1.54, 1.807) is 66.7 Å². The molecule has 35 heavy (non-hydrogen) atoms. The maximum atomic E-state index is 12.9. The fourth-order valence-corrected chi connectivity index (χ4v) is 4.43. The number of hydrogen-bond acceptors (Lipinski definition) is 6. The van der Waals surface area contributed by atoms with Crippen molar-refractivity contribution in [3.05, 3.63) is 84.4 Å². The lowest BCUT2D eigenvalue weighted by Gasteiger charge is -2.20. The molecule has 0 aliphatic rings. The van der Waals surface area contributed by atoms with Crippen LogP contribution in [0.3, 0.4) is 0 Å². The molecule has 1 atom stereocenters. The Hall–Kier alpha value is -4.05. The lowest BCUT2D eigenvalue weighted by atomic mass is 10.1. The summed E-state index contributed by atoms with van der Waals surface area (Å²) in [5.74, 6) is -0.278. The number of rotatable bonds is 11. The van der Waals surface area contributed by atoms with Crippen LogP contribution in [0, 0.1) is 0 Å². The second-order valence-corrected chi connectivity index (χ2v) is 9.44. The fourth-order valence-electron chi connectivity index (χ4n) is 3.24. The zero-order valence-corrected chi connectivity index (χ0v) is 20.2. The van der Waals surface area contributed by atoms with Crippen LogP contribution in [0.5, 0.6) is 11.5 Å². The number of amides is 2. The largest absolute Gasteiger partial charge is 0.494 e. The van der Waals surface area contributed by atoms with Crippen molar-refractivity contribution in [3.8, 4) is 11.5 Å². The molecule has 0 fully saturated rings. The third-order valence-electron chi connectivity index (χ3n) is 5.09. The molecule has 0 saturated heterocycles. The lowest BCUT2D eigenvalue weighted by Crippen LogP contribution is -2.39. The van der Waals surface area contributed by atoms with Crippen LogP contribution in [-0.2, 0) is 19.6 Å². The lowest BCUT2D eigenvalue weighted by molar-refractivity contribution is -0.128. The highest BCUT2D eigenvalue weighted by Crippen LogP contribution is 2.25. The van der Waals surface area contributed by atoms with E-state index in [1.165, 1.54) is 19.2 Å². The summed E-state index contributed by atoms with van der Waals surface area (Å²) in [6.45, 7) is 1.98. The second kappa shape index (κ2) is 11.4. The van der Waals surface area contributed by atoms with E-state index in [0.717, 1.165) is 4.31 Å². The Morgan fingerprint density at radius 1 is 0.914 bits per heavy atom. The minimum atomic E-state index is -3.78. The fraction of sp³-hybridized carbons (Fsp3) is 0.200. The van der Waals surface area contributed by atoms with E-state index in [-0.39, 0.29) is 11.5 Å². The van der Waals surface area contributed by atoms with Gasteiger partial charge >= 0.3 is 0 Å².